The molecule has 0 unspecified atom stereocenters. The van der Waals surface area contributed by atoms with E-state index in [1.165, 1.54) is 11.3 Å². The van der Waals surface area contributed by atoms with Crippen LogP contribution in [0.15, 0.2) is 5.51 Å². The molecule has 2 aromatic heterocycles. The molecular weight excluding hydrogens is 257 g/mol. The molecule has 2 rings (SSSR count). The van der Waals surface area contributed by atoms with Crippen LogP contribution in [0.3, 0.4) is 0 Å². The van der Waals surface area contributed by atoms with Gasteiger partial charge in [-0.05, 0) is 11.6 Å². The molecular formula is C7H7Cl2N5S. The molecule has 0 aliphatic carbocycles. The van der Waals surface area contributed by atoms with Gasteiger partial charge in [0.2, 0.25) is 10.4 Å². The Hall–Kier alpha value is -0.850. The zero-order valence-corrected chi connectivity index (χ0v) is 10.1. The lowest BCUT2D eigenvalue weighted by atomic mass is 10.4. The number of anilines is 1. The number of hydrogen-bond donors (Lipinski definition) is 1. The molecule has 0 fully saturated rings. The van der Waals surface area contributed by atoms with E-state index in [1.807, 2.05) is 0 Å². The average Bonchev–Trinajstić information content (AvgIpc) is 2.76. The van der Waals surface area contributed by atoms with E-state index in [1.54, 1.807) is 17.1 Å². The van der Waals surface area contributed by atoms with E-state index < -0.39 is 0 Å². The number of halogens is 2. The lowest BCUT2D eigenvalue weighted by molar-refractivity contribution is 0.836. The predicted molar refractivity (Wildman–Crippen MR) is 60.5 cm³/mol. The molecule has 15 heavy (non-hydrogen) atoms. The first-order valence-corrected chi connectivity index (χ1v) is 5.68. The van der Waals surface area contributed by atoms with Gasteiger partial charge in [-0.2, -0.15) is 0 Å². The minimum Gasteiger partial charge on any atom is -0.354 e. The van der Waals surface area contributed by atoms with E-state index in [9.17, 15) is 0 Å². The Bertz CT molecular complexity index is 452. The number of nitrogens with zero attached hydrogens (tertiary/aromatic N) is 4. The Morgan fingerprint density at radius 2 is 2.33 bits per heavy atom. The first-order chi connectivity index (χ1) is 7.18. The lowest BCUT2D eigenvalue weighted by Crippen LogP contribution is -2.04. The van der Waals surface area contributed by atoms with Crippen molar-refractivity contribution >= 4 is 39.7 Å². The van der Waals surface area contributed by atoms with Crippen molar-refractivity contribution in [2.24, 2.45) is 7.05 Å². The fourth-order valence-corrected chi connectivity index (χ4v) is 2.02. The van der Waals surface area contributed by atoms with Gasteiger partial charge in [-0.1, -0.05) is 22.9 Å². The molecule has 80 valence electrons. The maximum absolute atomic E-state index is 5.90. The largest absolute Gasteiger partial charge is 0.354 e. The molecule has 0 spiro atoms. The van der Waals surface area contributed by atoms with Crippen LogP contribution in [0.4, 0.5) is 5.13 Å². The molecule has 0 amide bonds. The van der Waals surface area contributed by atoms with Crippen molar-refractivity contribution in [3.8, 4) is 0 Å². The molecule has 0 saturated carbocycles. The van der Waals surface area contributed by atoms with Crippen molar-refractivity contribution in [1.29, 1.82) is 0 Å². The minimum absolute atomic E-state index is 0.370. The van der Waals surface area contributed by atoms with Crippen LogP contribution in [0.25, 0.3) is 0 Å². The van der Waals surface area contributed by atoms with Crippen LogP contribution in [0, 0.1) is 0 Å². The quantitative estimate of drug-likeness (QED) is 0.923. The number of nitrogens with one attached hydrogen (secondary N) is 1. The molecule has 0 radical (unpaired) electrons. The minimum atomic E-state index is 0.370. The molecule has 5 nitrogen and oxygen atoms in total. The van der Waals surface area contributed by atoms with E-state index >= 15 is 0 Å². The summed E-state index contributed by atoms with van der Waals surface area (Å²) < 4.78 is 1.72. The van der Waals surface area contributed by atoms with Crippen molar-refractivity contribution in [3.05, 3.63) is 21.6 Å². The SMILES string of the molecule is Cn1c(Cl)nc(Cl)c1CNc1nncs1. The van der Waals surface area contributed by atoms with Gasteiger partial charge in [-0.15, -0.1) is 10.2 Å². The molecule has 2 heterocycles. The monoisotopic (exact) mass is 263 g/mol. The second-order valence-electron chi connectivity index (χ2n) is 2.77. The third-order valence-corrected chi connectivity index (χ3v) is 3.17. The molecule has 2 aromatic rings. The third kappa shape index (κ3) is 2.22. The summed E-state index contributed by atoms with van der Waals surface area (Å²) >= 11 is 13.1. The standard InChI is InChI=1S/C7H7Cl2N5S/c1-14-4(5(8)12-6(14)9)2-10-7-13-11-3-15-7/h3H,2H2,1H3,(H,10,13). The van der Waals surface area contributed by atoms with E-state index in [4.69, 9.17) is 23.2 Å². The summed E-state index contributed by atoms with van der Waals surface area (Å²) in [4.78, 5) is 3.93. The van der Waals surface area contributed by atoms with Crippen LogP contribution in [0.5, 0.6) is 0 Å². The van der Waals surface area contributed by atoms with Crippen LogP contribution in [0.1, 0.15) is 5.69 Å². The summed E-state index contributed by atoms with van der Waals surface area (Å²) in [6.45, 7) is 0.518. The topological polar surface area (TPSA) is 55.6 Å². The molecule has 0 atom stereocenters. The van der Waals surface area contributed by atoms with Crippen LogP contribution in [-0.4, -0.2) is 19.7 Å². The summed E-state index contributed by atoms with van der Waals surface area (Å²) in [6.07, 6.45) is 0. The van der Waals surface area contributed by atoms with Gasteiger partial charge in [0.1, 0.15) is 5.51 Å². The molecule has 0 aromatic carbocycles. The fourth-order valence-electron chi connectivity index (χ4n) is 1.07. The van der Waals surface area contributed by atoms with Gasteiger partial charge >= 0.3 is 0 Å². The average molecular weight is 264 g/mol. The number of imidazole rings is 1. The third-order valence-electron chi connectivity index (χ3n) is 1.88. The lowest BCUT2D eigenvalue weighted by Gasteiger charge is -2.03. The van der Waals surface area contributed by atoms with Crippen molar-refractivity contribution < 1.29 is 0 Å². The Balaban J connectivity index is 2.11. The summed E-state index contributed by atoms with van der Waals surface area (Å²) in [5.41, 5.74) is 2.47. The maximum Gasteiger partial charge on any atom is 0.205 e. The van der Waals surface area contributed by atoms with Gasteiger partial charge in [0, 0.05) is 7.05 Å². The summed E-state index contributed by atoms with van der Waals surface area (Å²) in [5, 5.41) is 12.1. The van der Waals surface area contributed by atoms with Crippen molar-refractivity contribution in [1.82, 2.24) is 19.7 Å². The summed E-state index contributed by atoms with van der Waals surface area (Å²) in [5.74, 6) is 0. The van der Waals surface area contributed by atoms with Gasteiger partial charge in [0.15, 0.2) is 5.15 Å². The van der Waals surface area contributed by atoms with Gasteiger partial charge in [-0.25, -0.2) is 4.98 Å². The molecule has 0 aliphatic heterocycles. The fraction of sp³-hybridized carbons (Fsp3) is 0.286. The molecule has 0 saturated heterocycles. The van der Waals surface area contributed by atoms with Crippen molar-refractivity contribution in [3.63, 3.8) is 0 Å². The zero-order valence-electron chi connectivity index (χ0n) is 7.74. The Morgan fingerprint density at radius 3 is 2.87 bits per heavy atom. The Kier molecular flexibility index (Phi) is 3.08. The van der Waals surface area contributed by atoms with Gasteiger partial charge in [-0.3, -0.25) is 0 Å². The van der Waals surface area contributed by atoms with Crippen molar-refractivity contribution in [2.45, 2.75) is 6.54 Å². The number of aromatic nitrogens is 4. The van der Waals surface area contributed by atoms with Crippen LogP contribution < -0.4 is 5.32 Å². The first-order valence-electron chi connectivity index (χ1n) is 4.05. The highest BCUT2D eigenvalue weighted by molar-refractivity contribution is 7.13. The molecule has 0 aliphatic rings. The maximum atomic E-state index is 5.90. The predicted octanol–water partition coefficient (Wildman–Crippen LogP) is 2.19. The van der Waals surface area contributed by atoms with Gasteiger partial charge < -0.3 is 9.88 Å². The molecule has 8 heteroatoms. The highest BCUT2D eigenvalue weighted by Gasteiger charge is 2.11. The van der Waals surface area contributed by atoms with E-state index in [0.29, 0.717) is 17.0 Å². The van der Waals surface area contributed by atoms with Gasteiger partial charge in [0.25, 0.3) is 0 Å². The smallest absolute Gasteiger partial charge is 0.205 e. The highest BCUT2D eigenvalue weighted by atomic mass is 35.5. The zero-order chi connectivity index (χ0) is 10.8. The van der Waals surface area contributed by atoms with Gasteiger partial charge in [0.05, 0.1) is 12.2 Å². The number of hydrogen-bond acceptors (Lipinski definition) is 5. The van der Waals surface area contributed by atoms with E-state index in [-0.39, 0.29) is 0 Å². The Morgan fingerprint density at radius 1 is 1.53 bits per heavy atom. The normalized spacial score (nSPS) is 10.6. The van der Waals surface area contributed by atoms with E-state index in [2.05, 4.69) is 20.5 Å². The van der Waals surface area contributed by atoms with Crippen LogP contribution >= 0.6 is 34.5 Å². The van der Waals surface area contributed by atoms with Crippen molar-refractivity contribution in [2.75, 3.05) is 5.32 Å². The van der Waals surface area contributed by atoms with E-state index in [0.717, 1.165) is 10.8 Å². The molecule has 0 bridgehead atoms. The second-order valence-corrected chi connectivity index (χ2v) is 4.30. The summed E-state index contributed by atoms with van der Waals surface area (Å²) in [7, 11) is 1.80. The highest BCUT2D eigenvalue weighted by Crippen LogP contribution is 2.20. The summed E-state index contributed by atoms with van der Waals surface area (Å²) in [6, 6.07) is 0. The Labute approximate surface area is 100 Å². The number of rotatable bonds is 3. The second kappa shape index (κ2) is 4.34. The van der Waals surface area contributed by atoms with Crippen LogP contribution in [0.2, 0.25) is 10.4 Å². The molecule has 1 N–H and O–H groups in total. The first kappa shape index (κ1) is 10.7. The van der Waals surface area contributed by atoms with Crippen LogP contribution in [-0.2, 0) is 13.6 Å².